The molecule has 7 nitrogen and oxygen atoms in total. The van der Waals surface area contributed by atoms with Gasteiger partial charge in [0.05, 0.1) is 12.0 Å². The lowest BCUT2D eigenvalue weighted by Gasteiger charge is -2.09. The second-order valence-electron chi connectivity index (χ2n) is 4.05. The van der Waals surface area contributed by atoms with Crippen LogP contribution in [0.5, 0.6) is 5.75 Å². The van der Waals surface area contributed by atoms with Crippen LogP contribution in [0.15, 0.2) is 30.3 Å². The highest BCUT2D eigenvalue weighted by Crippen LogP contribution is 2.29. The molecule has 0 aliphatic heterocycles. The number of rotatable bonds is 5. The zero-order valence-electron chi connectivity index (χ0n) is 11.4. The lowest BCUT2D eigenvalue weighted by atomic mass is 10.2. The van der Waals surface area contributed by atoms with E-state index in [0.717, 1.165) is 0 Å². The van der Waals surface area contributed by atoms with E-state index in [2.05, 4.69) is 15.6 Å². The van der Waals surface area contributed by atoms with Crippen LogP contribution in [0.25, 0.3) is 0 Å². The molecule has 0 radical (unpaired) electrons. The summed E-state index contributed by atoms with van der Waals surface area (Å²) in [5.41, 5.74) is 0.245. The van der Waals surface area contributed by atoms with Crippen LogP contribution in [0.1, 0.15) is 0 Å². The molecule has 2 rings (SSSR count). The molecule has 0 fully saturated rings. The quantitative estimate of drug-likeness (QED) is 0.650. The van der Waals surface area contributed by atoms with E-state index in [4.69, 9.17) is 4.74 Å². The molecule has 0 atom stereocenters. The number of benzene rings is 1. The summed E-state index contributed by atoms with van der Waals surface area (Å²) in [7, 11) is 2.99. The minimum absolute atomic E-state index is 0.0347. The molecule has 0 spiro atoms. The number of nitro groups is 1. The second-order valence-corrected chi connectivity index (χ2v) is 4.05. The Bertz CT molecular complexity index is 678. The lowest BCUT2D eigenvalue weighted by molar-refractivity contribution is -0.384. The summed E-state index contributed by atoms with van der Waals surface area (Å²) in [6.07, 6.45) is 0. The first-order chi connectivity index (χ1) is 10.0. The van der Waals surface area contributed by atoms with Crippen LogP contribution in [0.2, 0.25) is 0 Å². The first kappa shape index (κ1) is 14.5. The van der Waals surface area contributed by atoms with Crippen molar-refractivity contribution in [2.24, 2.45) is 0 Å². The maximum Gasteiger partial charge on any atom is 0.311 e. The van der Waals surface area contributed by atoms with Crippen LogP contribution in [-0.2, 0) is 0 Å². The van der Waals surface area contributed by atoms with Crippen LogP contribution < -0.4 is 15.4 Å². The van der Waals surface area contributed by atoms with Crippen molar-refractivity contribution >= 4 is 23.0 Å². The van der Waals surface area contributed by atoms with E-state index in [1.54, 1.807) is 7.05 Å². The molecule has 110 valence electrons. The normalized spacial score (nSPS) is 10.0. The number of aromatic nitrogens is 1. The molecule has 0 bridgehead atoms. The molecular weight excluding hydrogens is 279 g/mol. The van der Waals surface area contributed by atoms with Gasteiger partial charge in [0.25, 0.3) is 0 Å². The monoisotopic (exact) mass is 292 g/mol. The summed E-state index contributed by atoms with van der Waals surface area (Å²) in [5, 5.41) is 16.6. The highest BCUT2D eigenvalue weighted by atomic mass is 19.1. The number of hydrogen-bond donors (Lipinski definition) is 2. The van der Waals surface area contributed by atoms with E-state index < -0.39 is 10.7 Å². The van der Waals surface area contributed by atoms with Crippen LogP contribution in [0.3, 0.4) is 0 Å². The molecule has 0 saturated heterocycles. The zero-order chi connectivity index (χ0) is 15.4. The van der Waals surface area contributed by atoms with E-state index >= 15 is 0 Å². The maximum absolute atomic E-state index is 13.3. The topological polar surface area (TPSA) is 89.3 Å². The molecule has 1 aromatic heterocycles. The van der Waals surface area contributed by atoms with Crippen molar-refractivity contribution in [3.8, 4) is 5.75 Å². The standard InChI is InChI=1S/C13H13FN4O3/c1-15-12-6-5-10(18(19)20)13(17-12)16-8-3-4-9(14)11(7-8)21-2/h3-7H,1-2H3,(H2,15,16,17). The third-order valence-corrected chi connectivity index (χ3v) is 2.74. The van der Waals surface area contributed by atoms with E-state index in [-0.39, 0.29) is 17.3 Å². The Hall–Kier alpha value is -2.90. The third-order valence-electron chi connectivity index (χ3n) is 2.74. The van der Waals surface area contributed by atoms with Gasteiger partial charge in [0.15, 0.2) is 11.6 Å². The Morgan fingerprint density at radius 2 is 2.10 bits per heavy atom. The Kier molecular flexibility index (Phi) is 4.17. The van der Waals surface area contributed by atoms with Gasteiger partial charge in [-0.15, -0.1) is 0 Å². The first-order valence-corrected chi connectivity index (χ1v) is 5.99. The Labute approximate surface area is 119 Å². The Morgan fingerprint density at radius 1 is 1.33 bits per heavy atom. The zero-order valence-corrected chi connectivity index (χ0v) is 11.4. The molecular formula is C13H13FN4O3. The van der Waals surface area contributed by atoms with Gasteiger partial charge in [0.2, 0.25) is 5.82 Å². The molecule has 0 unspecified atom stereocenters. The summed E-state index contributed by atoms with van der Waals surface area (Å²) in [5.74, 6) is 0.0413. The number of ether oxygens (including phenoxy) is 1. The lowest BCUT2D eigenvalue weighted by Crippen LogP contribution is -2.02. The number of halogens is 1. The molecule has 0 saturated carbocycles. The number of nitrogens with zero attached hydrogens (tertiary/aromatic N) is 2. The van der Waals surface area contributed by atoms with Crippen molar-refractivity contribution < 1.29 is 14.1 Å². The SMILES string of the molecule is CNc1ccc([N+](=O)[O-])c(Nc2ccc(F)c(OC)c2)n1. The number of hydrogen-bond acceptors (Lipinski definition) is 6. The Balaban J connectivity index is 2.40. The van der Waals surface area contributed by atoms with Gasteiger partial charge in [-0.1, -0.05) is 0 Å². The summed E-state index contributed by atoms with van der Waals surface area (Å²) in [6, 6.07) is 6.87. The summed E-state index contributed by atoms with van der Waals surface area (Å²) in [4.78, 5) is 14.6. The third kappa shape index (κ3) is 3.16. The highest BCUT2D eigenvalue weighted by molar-refractivity contribution is 5.68. The smallest absolute Gasteiger partial charge is 0.311 e. The van der Waals surface area contributed by atoms with Gasteiger partial charge in [-0.2, -0.15) is 0 Å². The largest absolute Gasteiger partial charge is 0.494 e. The van der Waals surface area contributed by atoms with Gasteiger partial charge in [0.1, 0.15) is 5.82 Å². The molecule has 0 aliphatic rings. The van der Waals surface area contributed by atoms with Crippen molar-refractivity contribution in [1.29, 1.82) is 0 Å². The number of nitrogens with one attached hydrogen (secondary N) is 2. The molecule has 0 aliphatic carbocycles. The minimum atomic E-state index is -0.546. The minimum Gasteiger partial charge on any atom is -0.494 e. The molecule has 2 aromatic rings. The van der Waals surface area contributed by atoms with E-state index in [1.807, 2.05) is 0 Å². The van der Waals surface area contributed by atoms with Crippen LogP contribution in [0, 0.1) is 15.9 Å². The van der Waals surface area contributed by atoms with Crippen LogP contribution >= 0.6 is 0 Å². The summed E-state index contributed by atoms with van der Waals surface area (Å²) in [6.45, 7) is 0. The van der Waals surface area contributed by atoms with E-state index in [0.29, 0.717) is 11.5 Å². The fourth-order valence-corrected chi connectivity index (χ4v) is 1.70. The van der Waals surface area contributed by atoms with Crippen LogP contribution in [0.4, 0.5) is 27.4 Å². The van der Waals surface area contributed by atoms with Gasteiger partial charge in [-0.3, -0.25) is 10.1 Å². The van der Waals surface area contributed by atoms with Gasteiger partial charge >= 0.3 is 5.69 Å². The average Bonchev–Trinajstić information content (AvgIpc) is 2.48. The molecule has 2 N–H and O–H groups in total. The van der Waals surface area contributed by atoms with Crippen molar-refractivity contribution in [3.63, 3.8) is 0 Å². The van der Waals surface area contributed by atoms with Crippen molar-refractivity contribution in [1.82, 2.24) is 4.98 Å². The maximum atomic E-state index is 13.3. The van der Waals surface area contributed by atoms with E-state index in [9.17, 15) is 14.5 Å². The van der Waals surface area contributed by atoms with Crippen molar-refractivity contribution in [2.75, 3.05) is 24.8 Å². The number of pyridine rings is 1. The van der Waals surface area contributed by atoms with Gasteiger partial charge in [-0.25, -0.2) is 9.37 Å². The number of anilines is 3. The van der Waals surface area contributed by atoms with Gasteiger partial charge < -0.3 is 15.4 Å². The van der Waals surface area contributed by atoms with Crippen LogP contribution in [-0.4, -0.2) is 24.1 Å². The van der Waals surface area contributed by atoms with E-state index in [1.165, 1.54) is 37.4 Å². The summed E-state index contributed by atoms with van der Waals surface area (Å²) < 4.78 is 18.2. The number of methoxy groups -OCH3 is 1. The predicted octanol–water partition coefficient (Wildman–Crippen LogP) is 2.92. The fourth-order valence-electron chi connectivity index (χ4n) is 1.70. The highest BCUT2D eigenvalue weighted by Gasteiger charge is 2.16. The Morgan fingerprint density at radius 3 is 2.71 bits per heavy atom. The second kappa shape index (κ2) is 6.04. The van der Waals surface area contributed by atoms with Gasteiger partial charge in [0, 0.05) is 24.9 Å². The van der Waals surface area contributed by atoms with Crippen molar-refractivity contribution in [3.05, 3.63) is 46.3 Å². The molecule has 21 heavy (non-hydrogen) atoms. The van der Waals surface area contributed by atoms with Gasteiger partial charge in [-0.05, 0) is 18.2 Å². The fraction of sp³-hybridized carbons (Fsp3) is 0.154. The van der Waals surface area contributed by atoms with Crippen molar-refractivity contribution in [2.45, 2.75) is 0 Å². The molecule has 0 amide bonds. The predicted molar refractivity (Wildman–Crippen MR) is 76.7 cm³/mol. The molecule has 1 aromatic carbocycles. The molecule has 1 heterocycles. The molecule has 8 heteroatoms. The first-order valence-electron chi connectivity index (χ1n) is 5.99. The summed E-state index contributed by atoms with van der Waals surface area (Å²) >= 11 is 0. The average molecular weight is 292 g/mol.